The summed E-state index contributed by atoms with van der Waals surface area (Å²) in [4.78, 5) is 40.6. The van der Waals surface area contributed by atoms with Gasteiger partial charge in [-0.2, -0.15) is 0 Å². The third-order valence-corrected chi connectivity index (χ3v) is 6.74. The Morgan fingerprint density at radius 2 is 1.85 bits per heavy atom. The predicted octanol–water partition coefficient (Wildman–Crippen LogP) is 3.20. The van der Waals surface area contributed by atoms with Gasteiger partial charge in [0, 0.05) is 42.8 Å². The number of carbonyl (C=O) groups is 3. The zero-order valence-electron chi connectivity index (χ0n) is 23.3. The summed E-state index contributed by atoms with van der Waals surface area (Å²) in [7, 11) is 1.97. The highest BCUT2D eigenvalue weighted by Crippen LogP contribution is 2.29. The van der Waals surface area contributed by atoms with Crippen LogP contribution in [-0.2, 0) is 17.8 Å². The van der Waals surface area contributed by atoms with Gasteiger partial charge in [-0.05, 0) is 63.7 Å². The van der Waals surface area contributed by atoms with Crippen molar-refractivity contribution < 1.29 is 29.3 Å². The summed E-state index contributed by atoms with van der Waals surface area (Å²) < 4.78 is 6.53. The molecule has 2 aromatic rings. The van der Waals surface area contributed by atoms with E-state index in [1.165, 1.54) is 0 Å². The van der Waals surface area contributed by atoms with Crippen molar-refractivity contribution in [3.05, 3.63) is 59.2 Å². The predicted molar refractivity (Wildman–Crippen MR) is 149 cm³/mol. The van der Waals surface area contributed by atoms with E-state index in [-0.39, 0.29) is 54.6 Å². The SMILES string of the molecule is CC(C)NC(=O)Nc1ccc2c(c1)CC(=O)N([C@H](C)CO)C[C@@H](C)[C@@H](CN(C)Cc1ccc(C(=O)O)cc1)O2. The highest BCUT2D eigenvalue weighted by Gasteiger charge is 2.31. The van der Waals surface area contributed by atoms with Crippen molar-refractivity contribution in [2.24, 2.45) is 5.92 Å². The van der Waals surface area contributed by atoms with E-state index in [0.29, 0.717) is 36.6 Å². The van der Waals surface area contributed by atoms with Crippen LogP contribution in [0.3, 0.4) is 0 Å². The van der Waals surface area contributed by atoms with Crippen molar-refractivity contribution in [2.75, 3.05) is 32.1 Å². The maximum atomic E-state index is 13.4. The highest BCUT2D eigenvalue weighted by molar-refractivity contribution is 5.90. The molecule has 1 heterocycles. The number of aromatic carboxylic acids is 1. The number of nitrogens with zero attached hydrogens (tertiary/aromatic N) is 2. The molecular formula is C29H40N4O6. The Morgan fingerprint density at radius 3 is 2.46 bits per heavy atom. The standard InChI is InChI=1S/C29H40N4O6/c1-18(2)30-29(38)31-24-10-11-25-23(12-24)13-27(35)33(20(4)17-34)14-19(3)26(39-25)16-32(5)15-21-6-8-22(9-7-21)28(36)37/h6-12,18-20,26,34H,13-17H2,1-5H3,(H,36,37)(H2,30,31,38)/t19-,20-,26-/m1/s1. The first-order valence-corrected chi connectivity index (χ1v) is 13.2. The number of aliphatic hydroxyl groups excluding tert-OH is 1. The molecule has 3 amide bonds. The minimum Gasteiger partial charge on any atom is -0.488 e. The fraction of sp³-hybridized carbons (Fsp3) is 0.483. The number of carbonyl (C=O) groups excluding carboxylic acids is 2. The molecule has 4 N–H and O–H groups in total. The van der Waals surface area contributed by atoms with E-state index in [4.69, 9.17) is 9.84 Å². The Hall–Kier alpha value is -3.63. The average molecular weight is 541 g/mol. The number of benzene rings is 2. The second-order valence-electron chi connectivity index (χ2n) is 10.7. The summed E-state index contributed by atoms with van der Waals surface area (Å²) in [5.41, 5.74) is 2.42. The molecule has 1 aliphatic heterocycles. The summed E-state index contributed by atoms with van der Waals surface area (Å²) in [5, 5.41) is 24.6. The van der Waals surface area contributed by atoms with E-state index in [2.05, 4.69) is 15.5 Å². The van der Waals surface area contributed by atoms with Crippen molar-refractivity contribution in [3.8, 4) is 5.75 Å². The van der Waals surface area contributed by atoms with Crippen LogP contribution in [0, 0.1) is 5.92 Å². The van der Waals surface area contributed by atoms with E-state index in [9.17, 15) is 19.5 Å². The molecule has 0 unspecified atom stereocenters. The number of rotatable bonds is 9. The maximum absolute atomic E-state index is 13.4. The smallest absolute Gasteiger partial charge is 0.335 e. The van der Waals surface area contributed by atoms with Crippen LogP contribution in [0.15, 0.2) is 42.5 Å². The van der Waals surface area contributed by atoms with Gasteiger partial charge in [0.1, 0.15) is 11.9 Å². The highest BCUT2D eigenvalue weighted by atomic mass is 16.5. The summed E-state index contributed by atoms with van der Waals surface area (Å²) in [6.07, 6.45) is -0.207. The van der Waals surface area contributed by atoms with Crippen LogP contribution in [0.1, 0.15) is 49.2 Å². The van der Waals surface area contributed by atoms with Crippen LogP contribution in [0.25, 0.3) is 0 Å². The normalized spacial score (nSPS) is 18.5. The number of aliphatic hydroxyl groups is 1. The van der Waals surface area contributed by atoms with Gasteiger partial charge in [-0.1, -0.05) is 19.1 Å². The molecule has 0 radical (unpaired) electrons. The van der Waals surface area contributed by atoms with E-state index in [1.54, 1.807) is 47.4 Å². The number of amides is 3. The fourth-order valence-electron chi connectivity index (χ4n) is 4.59. The van der Waals surface area contributed by atoms with Gasteiger partial charge in [-0.15, -0.1) is 0 Å². The van der Waals surface area contributed by atoms with Crippen molar-refractivity contribution in [2.45, 2.75) is 58.8 Å². The zero-order valence-corrected chi connectivity index (χ0v) is 23.3. The molecule has 10 nitrogen and oxygen atoms in total. The van der Waals surface area contributed by atoms with Crippen molar-refractivity contribution in [3.63, 3.8) is 0 Å². The van der Waals surface area contributed by atoms with Gasteiger partial charge in [-0.3, -0.25) is 9.69 Å². The molecule has 0 saturated carbocycles. The van der Waals surface area contributed by atoms with Gasteiger partial charge in [0.05, 0.1) is 24.6 Å². The molecule has 0 bridgehead atoms. The summed E-state index contributed by atoms with van der Waals surface area (Å²) >= 11 is 0. The van der Waals surface area contributed by atoms with Crippen LogP contribution in [0.2, 0.25) is 0 Å². The first-order chi connectivity index (χ1) is 18.5. The van der Waals surface area contributed by atoms with Gasteiger partial charge in [0.2, 0.25) is 5.91 Å². The molecule has 3 atom stereocenters. The fourth-order valence-corrected chi connectivity index (χ4v) is 4.59. The molecule has 3 rings (SSSR count). The lowest BCUT2D eigenvalue weighted by Gasteiger charge is -2.34. The van der Waals surface area contributed by atoms with E-state index < -0.39 is 5.97 Å². The van der Waals surface area contributed by atoms with Crippen LogP contribution < -0.4 is 15.4 Å². The topological polar surface area (TPSA) is 131 Å². The molecule has 2 aromatic carbocycles. The maximum Gasteiger partial charge on any atom is 0.335 e. The van der Waals surface area contributed by atoms with Crippen LogP contribution in [0.4, 0.5) is 10.5 Å². The van der Waals surface area contributed by atoms with E-state index in [0.717, 1.165) is 5.56 Å². The average Bonchev–Trinajstić information content (AvgIpc) is 2.91. The molecule has 0 spiro atoms. The van der Waals surface area contributed by atoms with Gasteiger partial charge in [-0.25, -0.2) is 9.59 Å². The number of hydrogen-bond donors (Lipinski definition) is 4. The van der Waals surface area contributed by atoms with E-state index in [1.807, 2.05) is 34.7 Å². The number of nitrogens with one attached hydrogen (secondary N) is 2. The Balaban J connectivity index is 1.85. The first-order valence-electron chi connectivity index (χ1n) is 13.2. The minimum absolute atomic E-state index is 0.0226. The molecule has 0 saturated heterocycles. The third kappa shape index (κ3) is 8.43. The molecule has 0 aromatic heterocycles. The summed E-state index contributed by atoms with van der Waals surface area (Å²) in [6, 6.07) is 11.4. The minimum atomic E-state index is -0.962. The number of likely N-dealkylation sites (N-methyl/N-ethyl adjacent to an activating group) is 1. The summed E-state index contributed by atoms with van der Waals surface area (Å²) in [5.74, 6) is -0.561. The first kappa shape index (κ1) is 29.9. The van der Waals surface area contributed by atoms with Crippen molar-refractivity contribution in [1.29, 1.82) is 0 Å². The number of hydrogen-bond acceptors (Lipinski definition) is 6. The Kier molecular flexibility index (Phi) is 10.3. The number of carboxylic acid groups (broad SMARTS) is 1. The lowest BCUT2D eigenvalue weighted by molar-refractivity contribution is -0.134. The molecule has 10 heteroatoms. The Morgan fingerprint density at radius 1 is 1.15 bits per heavy atom. The molecule has 39 heavy (non-hydrogen) atoms. The van der Waals surface area contributed by atoms with Gasteiger partial charge in [0.15, 0.2) is 0 Å². The van der Waals surface area contributed by atoms with Crippen LogP contribution >= 0.6 is 0 Å². The van der Waals surface area contributed by atoms with Gasteiger partial charge in [0.25, 0.3) is 0 Å². The van der Waals surface area contributed by atoms with Gasteiger partial charge >= 0.3 is 12.0 Å². The number of carboxylic acids is 1. The molecule has 0 fully saturated rings. The quantitative estimate of drug-likeness (QED) is 0.384. The van der Waals surface area contributed by atoms with Crippen LogP contribution in [-0.4, -0.2) is 82.9 Å². The molecule has 212 valence electrons. The lowest BCUT2D eigenvalue weighted by Crippen LogP contribution is -2.47. The molecule has 0 aliphatic carbocycles. The molecule has 1 aliphatic rings. The third-order valence-electron chi connectivity index (χ3n) is 6.74. The largest absolute Gasteiger partial charge is 0.488 e. The summed E-state index contributed by atoms with van der Waals surface area (Å²) in [6.45, 7) is 8.99. The van der Waals surface area contributed by atoms with Gasteiger partial charge < -0.3 is 30.5 Å². The lowest BCUT2D eigenvalue weighted by atomic mass is 10.0. The van der Waals surface area contributed by atoms with Crippen molar-refractivity contribution >= 4 is 23.6 Å². The van der Waals surface area contributed by atoms with Crippen LogP contribution in [0.5, 0.6) is 5.75 Å². The second kappa shape index (κ2) is 13.4. The number of ether oxygens (including phenoxy) is 1. The second-order valence-corrected chi connectivity index (χ2v) is 10.7. The number of anilines is 1. The number of urea groups is 1. The van der Waals surface area contributed by atoms with Crippen molar-refractivity contribution in [1.82, 2.24) is 15.1 Å². The number of fused-ring (bicyclic) bond motifs is 1. The monoisotopic (exact) mass is 540 g/mol. The Labute approximate surface area is 229 Å². The molecular weight excluding hydrogens is 500 g/mol. The zero-order chi connectivity index (χ0) is 28.7. The van der Waals surface area contributed by atoms with E-state index >= 15 is 0 Å². The Bertz CT molecular complexity index is 1150.